The number of phenolic OH excluding ortho intramolecular Hbond substituents is 1. The van der Waals surface area contributed by atoms with Gasteiger partial charge in [-0.2, -0.15) is 5.01 Å². The van der Waals surface area contributed by atoms with E-state index < -0.39 is 58.7 Å². The number of hydrazine groups is 1. The molecule has 2 saturated heterocycles. The topological polar surface area (TPSA) is 154 Å². The highest BCUT2D eigenvalue weighted by atomic mass is 35.5. The number of nitrogens with zero attached hydrogens (tertiary/aromatic N) is 2. The number of likely N-dealkylation sites (tertiary alicyclic amines) is 1. The van der Waals surface area contributed by atoms with Crippen LogP contribution < -0.4 is 10.2 Å². The summed E-state index contributed by atoms with van der Waals surface area (Å²) in [7, 11) is 1.51. The number of ether oxygens (including phenoxy) is 1. The average molecular weight is 753 g/mol. The number of hydrogen-bond donors (Lipinski definition) is 3. The number of halogens is 3. The van der Waals surface area contributed by atoms with Gasteiger partial charge in [-0.15, -0.1) is 0 Å². The van der Waals surface area contributed by atoms with Crippen molar-refractivity contribution < 1.29 is 38.9 Å². The third kappa shape index (κ3) is 5.53. The number of amides is 4. The van der Waals surface area contributed by atoms with Crippen LogP contribution in [-0.2, 0) is 29.4 Å². The zero-order valence-electron chi connectivity index (χ0n) is 27.1. The number of anilines is 1. The van der Waals surface area contributed by atoms with E-state index in [4.69, 9.17) is 44.6 Å². The summed E-state index contributed by atoms with van der Waals surface area (Å²) >= 11 is 19.5. The molecule has 0 spiro atoms. The fraction of sp³-hybridized carbons (Fsp3) is 0.324. The van der Waals surface area contributed by atoms with Crippen molar-refractivity contribution in [1.29, 1.82) is 0 Å². The number of carboxylic acid groups (broad SMARTS) is 1. The van der Waals surface area contributed by atoms with Gasteiger partial charge in [0.15, 0.2) is 0 Å². The molecule has 3 aromatic rings. The monoisotopic (exact) mass is 751 g/mol. The SMILES string of the molecule is COc1ccc(C23C(=O)N(Nc4ccc(Cl)cc4Cl)C(=O)C2CC2C(=CCC4C(=O)N(CCCC(=O)O)C(=O)C42)C3c2ccc(O)cc2Cl)cc1. The Labute approximate surface area is 307 Å². The molecule has 11 nitrogen and oxygen atoms in total. The molecular formula is C37H32Cl3N3O8. The standard InChI is InChI=1S/C37H32Cl3N3O8/c1-51-21-8-4-18(5-9-21)37-26(34(48)43(36(37)50)41-29-13-6-19(38)15-28(29)40)17-25-22(32(37)23-10-7-20(44)16-27(23)39)11-12-24-31(25)35(49)42(33(24)47)14-2-3-30(45)46/h4-11,13,15-16,24-26,31-32,41,44H,2-3,12,14,17H2,1H3,(H,45,46). The van der Waals surface area contributed by atoms with Gasteiger partial charge in [0.1, 0.15) is 11.5 Å². The maximum Gasteiger partial charge on any atom is 0.303 e. The van der Waals surface area contributed by atoms with Gasteiger partial charge in [0.2, 0.25) is 11.8 Å². The average Bonchev–Trinajstić information content (AvgIpc) is 3.46. The molecule has 4 amide bonds. The number of aromatic hydroxyl groups is 1. The second-order valence-corrected chi connectivity index (χ2v) is 14.5. The molecule has 14 heteroatoms. The van der Waals surface area contributed by atoms with E-state index in [1.165, 1.54) is 25.3 Å². The van der Waals surface area contributed by atoms with Crippen LogP contribution in [0.3, 0.4) is 0 Å². The summed E-state index contributed by atoms with van der Waals surface area (Å²) in [6.45, 7) is -0.0393. The molecule has 2 aliphatic carbocycles. The lowest BCUT2D eigenvalue weighted by atomic mass is 9.49. The van der Waals surface area contributed by atoms with Crippen LogP contribution in [0.5, 0.6) is 11.5 Å². The van der Waals surface area contributed by atoms with Crippen LogP contribution in [0.15, 0.2) is 72.3 Å². The first-order chi connectivity index (χ1) is 24.4. The lowest BCUT2D eigenvalue weighted by Crippen LogP contribution is -2.53. The summed E-state index contributed by atoms with van der Waals surface area (Å²) in [5, 5.41) is 21.2. The smallest absolute Gasteiger partial charge is 0.303 e. The second kappa shape index (κ2) is 13.2. The van der Waals surface area contributed by atoms with E-state index in [2.05, 4.69) is 5.43 Å². The molecule has 6 unspecified atom stereocenters. The quantitative estimate of drug-likeness (QED) is 0.171. The van der Waals surface area contributed by atoms with E-state index in [0.29, 0.717) is 27.5 Å². The van der Waals surface area contributed by atoms with Crippen molar-refractivity contribution >= 4 is 70.1 Å². The third-order valence-electron chi connectivity index (χ3n) is 10.7. The van der Waals surface area contributed by atoms with Gasteiger partial charge < -0.3 is 14.9 Å². The molecule has 0 radical (unpaired) electrons. The van der Waals surface area contributed by atoms with Gasteiger partial charge >= 0.3 is 5.97 Å². The summed E-state index contributed by atoms with van der Waals surface area (Å²) in [6.07, 6.45) is 2.02. The van der Waals surface area contributed by atoms with E-state index in [9.17, 15) is 24.3 Å². The summed E-state index contributed by atoms with van der Waals surface area (Å²) in [6, 6.07) is 15.9. The normalized spacial score (nSPS) is 26.8. The van der Waals surface area contributed by atoms with Crippen LogP contribution in [0.1, 0.15) is 42.7 Å². The molecule has 4 aliphatic rings. The molecule has 0 bridgehead atoms. The number of rotatable bonds is 9. The zero-order chi connectivity index (χ0) is 36.4. The third-order valence-corrected chi connectivity index (χ3v) is 11.6. The number of benzene rings is 3. The number of allylic oxidation sites excluding steroid dienone is 2. The summed E-state index contributed by atoms with van der Waals surface area (Å²) < 4.78 is 5.42. The number of methoxy groups -OCH3 is 1. The molecule has 1 saturated carbocycles. The highest BCUT2D eigenvalue weighted by Gasteiger charge is 2.70. The van der Waals surface area contributed by atoms with Gasteiger partial charge in [-0.3, -0.25) is 34.3 Å². The van der Waals surface area contributed by atoms with Gasteiger partial charge in [-0.25, -0.2) is 0 Å². The fourth-order valence-electron chi connectivity index (χ4n) is 8.61. The zero-order valence-corrected chi connectivity index (χ0v) is 29.4. The predicted octanol–water partition coefficient (Wildman–Crippen LogP) is 6.21. The number of carboxylic acids is 1. The number of imide groups is 2. The minimum absolute atomic E-state index is 0.0393. The number of carbonyl (C=O) groups is 5. The van der Waals surface area contributed by atoms with Crippen molar-refractivity contribution in [3.8, 4) is 11.5 Å². The van der Waals surface area contributed by atoms with Gasteiger partial charge in [0, 0.05) is 28.9 Å². The van der Waals surface area contributed by atoms with Crippen LogP contribution in [-0.4, -0.2) is 63.4 Å². The fourth-order valence-corrected chi connectivity index (χ4v) is 9.35. The van der Waals surface area contributed by atoms with Crippen LogP contribution >= 0.6 is 34.8 Å². The Morgan fingerprint density at radius 3 is 2.35 bits per heavy atom. The molecular weight excluding hydrogens is 721 g/mol. The minimum atomic E-state index is -1.61. The maximum absolute atomic E-state index is 15.3. The van der Waals surface area contributed by atoms with Gasteiger partial charge in [0.25, 0.3) is 11.8 Å². The highest BCUT2D eigenvalue weighted by molar-refractivity contribution is 6.36. The number of carbonyl (C=O) groups excluding carboxylic acids is 4. The Bertz CT molecular complexity index is 2020. The van der Waals surface area contributed by atoms with Gasteiger partial charge in [-0.05, 0) is 78.8 Å². The number of hydrogen-bond acceptors (Lipinski definition) is 8. The van der Waals surface area contributed by atoms with Gasteiger partial charge in [0.05, 0.1) is 41.0 Å². The van der Waals surface area contributed by atoms with Crippen molar-refractivity contribution in [3.05, 3.63) is 98.5 Å². The minimum Gasteiger partial charge on any atom is -0.508 e. The van der Waals surface area contributed by atoms with Crippen LogP contribution in [0.4, 0.5) is 5.69 Å². The molecule has 3 aromatic carbocycles. The molecule has 51 heavy (non-hydrogen) atoms. The summed E-state index contributed by atoms with van der Waals surface area (Å²) in [5.41, 5.74) is 3.21. The lowest BCUT2D eigenvalue weighted by Gasteiger charge is -2.50. The Balaban J connectivity index is 1.42. The first-order valence-electron chi connectivity index (χ1n) is 16.4. The molecule has 264 valence electrons. The molecule has 0 aromatic heterocycles. The van der Waals surface area contributed by atoms with Crippen molar-refractivity contribution in [3.63, 3.8) is 0 Å². The van der Waals surface area contributed by atoms with E-state index in [1.807, 2.05) is 6.08 Å². The molecule has 7 rings (SSSR count). The highest BCUT2D eigenvalue weighted by Crippen LogP contribution is 2.65. The van der Waals surface area contributed by atoms with Crippen LogP contribution in [0, 0.1) is 23.7 Å². The Morgan fingerprint density at radius 2 is 1.69 bits per heavy atom. The van der Waals surface area contributed by atoms with E-state index in [0.717, 1.165) is 9.91 Å². The first kappa shape index (κ1) is 34.9. The second-order valence-electron chi connectivity index (χ2n) is 13.2. The van der Waals surface area contributed by atoms with Crippen molar-refractivity contribution in [2.75, 3.05) is 19.1 Å². The Hall–Kier alpha value is -4.58. The number of phenols is 1. The van der Waals surface area contributed by atoms with Crippen LogP contribution in [0.2, 0.25) is 15.1 Å². The maximum atomic E-state index is 15.3. The number of aliphatic carboxylic acids is 1. The van der Waals surface area contributed by atoms with Crippen molar-refractivity contribution in [2.45, 2.75) is 37.0 Å². The first-order valence-corrected chi connectivity index (χ1v) is 17.5. The van der Waals surface area contributed by atoms with Crippen molar-refractivity contribution in [1.82, 2.24) is 9.91 Å². The number of fused-ring (bicyclic) bond motifs is 4. The lowest BCUT2D eigenvalue weighted by molar-refractivity contribution is -0.142. The molecule has 2 heterocycles. The summed E-state index contributed by atoms with van der Waals surface area (Å²) in [5.74, 6) is -6.77. The van der Waals surface area contributed by atoms with E-state index >= 15 is 4.79 Å². The predicted molar refractivity (Wildman–Crippen MR) is 187 cm³/mol. The van der Waals surface area contributed by atoms with Crippen molar-refractivity contribution in [2.24, 2.45) is 23.7 Å². The number of nitrogens with one attached hydrogen (secondary N) is 1. The molecule has 2 aliphatic heterocycles. The Morgan fingerprint density at radius 1 is 0.941 bits per heavy atom. The molecule has 6 atom stereocenters. The van der Waals surface area contributed by atoms with Gasteiger partial charge in [-0.1, -0.05) is 64.7 Å². The molecule has 3 fully saturated rings. The Kier molecular flexibility index (Phi) is 9.02. The van der Waals surface area contributed by atoms with Crippen LogP contribution in [0.25, 0.3) is 0 Å². The largest absolute Gasteiger partial charge is 0.508 e. The summed E-state index contributed by atoms with van der Waals surface area (Å²) in [4.78, 5) is 70.1. The van der Waals surface area contributed by atoms with E-state index in [1.54, 1.807) is 42.5 Å². The molecule has 3 N–H and O–H groups in total. The van der Waals surface area contributed by atoms with E-state index in [-0.39, 0.29) is 59.6 Å².